The normalized spacial score (nSPS) is 14.7. The van der Waals surface area contributed by atoms with Crippen LogP contribution in [0.4, 0.5) is 0 Å². The fourth-order valence-electron chi connectivity index (χ4n) is 2.39. The summed E-state index contributed by atoms with van der Waals surface area (Å²) in [6, 6.07) is 5.50. The molecule has 0 radical (unpaired) electrons. The molecule has 0 heterocycles. The Morgan fingerprint density at radius 1 is 1.24 bits per heavy atom. The van der Waals surface area contributed by atoms with Gasteiger partial charge in [0.25, 0.3) is 0 Å². The fourth-order valence-corrected chi connectivity index (χ4v) is 2.81. The number of rotatable bonds is 8. The minimum Gasteiger partial charge on any atom is -0.387 e. The van der Waals surface area contributed by atoms with Crippen molar-refractivity contribution in [1.29, 1.82) is 0 Å². The van der Waals surface area contributed by atoms with E-state index in [1.165, 1.54) is 0 Å². The van der Waals surface area contributed by atoms with Gasteiger partial charge in [0.2, 0.25) is 0 Å². The molecule has 5 heteroatoms. The quantitative estimate of drug-likeness (QED) is 0.763. The second kappa shape index (κ2) is 8.96. The first kappa shape index (κ1) is 18.7. The van der Waals surface area contributed by atoms with Gasteiger partial charge in [-0.05, 0) is 44.6 Å². The Balaban J connectivity index is 2.63. The number of hydrogen-bond donors (Lipinski definition) is 2. The van der Waals surface area contributed by atoms with Crippen molar-refractivity contribution in [2.75, 3.05) is 27.2 Å². The van der Waals surface area contributed by atoms with Gasteiger partial charge < -0.3 is 15.3 Å². The van der Waals surface area contributed by atoms with Crippen molar-refractivity contribution in [2.24, 2.45) is 5.92 Å². The van der Waals surface area contributed by atoms with E-state index >= 15 is 0 Å². The van der Waals surface area contributed by atoms with E-state index in [9.17, 15) is 5.11 Å². The molecular formula is C16H26Cl2N2O. The van der Waals surface area contributed by atoms with E-state index in [2.05, 4.69) is 38.2 Å². The lowest BCUT2D eigenvalue weighted by Gasteiger charge is -2.25. The second-order valence-electron chi connectivity index (χ2n) is 6.18. The summed E-state index contributed by atoms with van der Waals surface area (Å²) in [5.74, 6) is 0.606. The van der Waals surface area contributed by atoms with E-state index in [4.69, 9.17) is 23.2 Å². The first-order valence-corrected chi connectivity index (χ1v) is 8.06. The van der Waals surface area contributed by atoms with Crippen molar-refractivity contribution in [3.63, 3.8) is 0 Å². The van der Waals surface area contributed by atoms with E-state index in [0.717, 1.165) is 13.0 Å². The molecule has 2 N–H and O–H groups in total. The average Bonchev–Trinajstić information content (AvgIpc) is 2.37. The highest BCUT2D eigenvalue weighted by Gasteiger charge is 2.16. The molecule has 0 aliphatic rings. The van der Waals surface area contributed by atoms with E-state index in [1.54, 1.807) is 18.2 Å². The van der Waals surface area contributed by atoms with Gasteiger partial charge >= 0.3 is 0 Å². The number of likely N-dealkylation sites (N-methyl/N-ethyl adjacent to an activating group) is 1. The van der Waals surface area contributed by atoms with Gasteiger partial charge in [0.1, 0.15) is 0 Å². The van der Waals surface area contributed by atoms with Crippen molar-refractivity contribution in [3.05, 3.63) is 33.8 Å². The average molecular weight is 333 g/mol. The van der Waals surface area contributed by atoms with Crippen LogP contribution in [0, 0.1) is 5.92 Å². The van der Waals surface area contributed by atoms with Gasteiger partial charge in [-0.3, -0.25) is 0 Å². The number of nitrogens with one attached hydrogen (secondary N) is 1. The van der Waals surface area contributed by atoms with Crippen LogP contribution in [0.5, 0.6) is 0 Å². The Morgan fingerprint density at radius 2 is 1.90 bits per heavy atom. The molecule has 0 spiro atoms. The molecule has 1 rings (SSSR count). The maximum absolute atomic E-state index is 10.3. The molecule has 0 amide bonds. The molecule has 1 aromatic rings. The van der Waals surface area contributed by atoms with Crippen LogP contribution in [0.15, 0.2) is 18.2 Å². The number of benzene rings is 1. The molecule has 0 fully saturated rings. The molecule has 2 atom stereocenters. The Labute approximate surface area is 138 Å². The van der Waals surface area contributed by atoms with E-state index < -0.39 is 6.10 Å². The summed E-state index contributed by atoms with van der Waals surface area (Å²) in [4.78, 5) is 2.15. The molecule has 0 saturated heterocycles. The number of aliphatic hydroxyl groups excluding tert-OH is 1. The molecule has 3 nitrogen and oxygen atoms in total. The lowest BCUT2D eigenvalue weighted by molar-refractivity contribution is 0.163. The summed E-state index contributed by atoms with van der Waals surface area (Å²) < 4.78 is 0. The van der Waals surface area contributed by atoms with Gasteiger partial charge in [0.15, 0.2) is 0 Å². The van der Waals surface area contributed by atoms with Crippen LogP contribution in [0.25, 0.3) is 0 Å². The van der Waals surface area contributed by atoms with Crippen molar-refractivity contribution < 1.29 is 5.11 Å². The van der Waals surface area contributed by atoms with Crippen LogP contribution in [0.3, 0.4) is 0 Å². The SMILES string of the molecule is CC(C)CC(CN(C)C)NCC(O)c1cc(Cl)ccc1Cl. The molecule has 21 heavy (non-hydrogen) atoms. The molecule has 0 aliphatic carbocycles. The van der Waals surface area contributed by atoms with Gasteiger partial charge in [-0.25, -0.2) is 0 Å². The maximum Gasteiger partial charge on any atom is 0.0929 e. The zero-order chi connectivity index (χ0) is 16.0. The van der Waals surface area contributed by atoms with Gasteiger partial charge in [-0.2, -0.15) is 0 Å². The minimum atomic E-state index is -0.659. The predicted octanol–water partition coefficient (Wildman–Crippen LogP) is 3.59. The van der Waals surface area contributed by atoms with Gasteiger partial charge in [-0.1, -0.05) is 37.0 Å². The third-order valence-corrected chi connectivity index (χ3v) is 3.84. The van der Waals surface area contributed by atoms with Gasteiger partial charge in [0.05, 0.1) is 6.10 Å². The van der Waals surface area contributed by atoms with Crippen LogP contribution in [-0.4, -0.2) is 43.2 Å². The molecule has 0 aromatic heterocycles. The van der Waals surface area contributed by atoms with E-state index in [1.807, 2.05) is 0 Å². The van der Waals surface area contributed by atoms with Crippen molar-refractivity contribution >= 4 is 23.2 Å². The largest absolute Gasteiger partial charge is 0.387 e. The molecule has 0 aliphatic heterocycles. The molecule has 2 unspecified atom stereocenters. The van der Waals surface area contributed by atoms with Crippen molar-refractivity contribution in [2.45, 2.75) is 32.4 Å². The Bertz CT molecular complexity index is 428. The highest BCUT2D eigenvalue weighted by atomic mass is 35.5. The maximum atomic E-state index is 10.3. The van der Waals surface area contributed by atoms with Crippen molar-refractivity contribution in [3.8, 4) is 0 Å². The number of halogens is 2. The van der Waals surface area contributed by atoms with Crippen LogP contribution < -0.4 is 5.32 Å². The Kier molecular flexibility index (Phi) is 7.99. The van der Waals surface area contributed by atoms with Gasteiger partial charge in [0, 0.05) is 34.7 Å². The fraction of sp³-hybridized carbons (Fsp3) is 0.625. The van der Waals surface area contributed by atoms with Crippen LogP contribution in [-0.2, 0) is 0 Å². The molecule has 120 valence electrons. The molecule has 1 aromatic carbocycles. The molecule has 0 saturated carbocycles. The lowest BCUT2D eigenvalue weighted by atomic mass is 10.0. The molecule has 0 bridgehead atoms. The van der Waals surface area contributed by atoms with E-state index in [-0.39, 0.29) is 0 Å². The Morgan fingerprint density at radius 3 is 2.48 bits per heavy atom. The monoisotopic (exact) mass is 332 g/mol. The van der Waals surface area contributed by atoms with Crippen LogP contribution in [0.1, 0.15) is 31.9 Å². The smallest absolute Gasteiger partial charge is 0.0929 e. The second-order valence-corrected chi connectivity index (χ2v) is 7.02. The Hall–Kier alpha value is -0.320. The number of hydrogen-bond acceptors (Lipinski definition) is 3. The number of aliphatic hydroxyl groups is 1. The highest BCUT2D eigenvalue weighted by Crippen LogP contribution is 2.26. The van der Waals surface area contributed by atoms with E-state index in [0.29, 0.717) is 34.1 Å². The zero-order valence-electron chi connectivity index (χ0n) is 13.2. The first-order chi connectivity index (χ1) is 9.79. The summed E-state index contributed by atoms with van der Waals surface area (Å²) in [5, 5.41) is 14.9. The zero-order valence-corrected chi connectivity index (χ0v) is 14.7. The van der Waals surface area contributed by atoms with Crippen LogP contribution >= 0.6 is 23.2 Å². The van der Waals surface area contributed by atoms with Crippen LogP contribution in [0.2, 0.25) is 10.0 Å². The van der Waals surface area contributed by atoms with Crippen molar-refractivity contribution in [1.82, 2.24) is 10.2 Å². The minimum absolute atomic E-state index is 0.340. The number of nitrogens with zero attached hydrogens (tertiary/aromatic N) is 1. The highest BCUT2D eigenvalue weighted by molar-refractivity contribution is 6.33. The lowest BCUT2D eigenvalue weighted by Crippen LogP contribution is -2.41. The summed E-state index contributed by atoms with van der Waals surface area (Å²) in [7, 11) is 4.11. The third kappa shape index (κ3) is 6.98. The predicted molar refractivity (Wildman–Crippen MR) is 91.2 cm³/mol. The molecular weight excluding hydrogens is 307 g/mol. The first-order valence-electron chi connectivity index (χ1n) is 7.30. The standard InChI is InChI=1S/C16H26Cl2N2O/c1-11(2)7-13(10-20(3)4)19-9-16(21)14-8-12(17)5-6-15(14)18/h5-6,8,11,13,16,19,21H,7,9-10H2,1-4H3. The topological polar surface area (TPSA) is 35.5 Å². The summed E-state index contributed by atoms with van der Waals surface area (Å²) in [5.41, 5.74) is 0.671. The summed E-state index contributed by atoms with van der Waals surface area (Å²) in [6.07, 6.45) is 0.404. The third-order valence-electron chi connectivity index (χ3n) is 3.26. The summed E-state index contributed by atoms with van der Waals surface area (Å²) in [6.45, 7) is 5.81. The summed E-state index contributed by atoms with van der Waals surface area (Å²) >= 11 is 12.1. The van der Waals surface area contributed by atoms with Gasteiger partial charge in [-0.15, -0.1) is 0 Å².